The lowest BCUT2D eigenvalue weighted by molar-refractivity contribution is -0.123. The smallest absolute Gasteiger partial charge is 0.276 e. The molecule has 148 valence electrons. The number of anilines is 2. The SMILES string of the molecule is C=CCc1ccc(OCC(=O)NN(c2ccccc2)c2ccccc2)c(OC)c1. The zero-order chi connectivity index (χ0) is 20.5. The molecular formula is C24H24N2O3. The van der Waals surface area contributed by atoms with Crippen LogP contribution in [0.2, 0.25) is 0 Å². The van der Waals surface area contributed by atoms with E-state index in [1.165, 1.54) is 0 Å². The number of rotatable bonds is 9. The van der Waals surface area contributed by atoms with Crippen molar-refractivity contribution in [1.82, 2.24) is 5.43 Å². The lowest BCUT2D eigenvalue weighted by Crippen LogP contribution is -2.41. The number of benzene rings is 3. The zero-order valence-corrected chi connectivity index (χ0v) is 16.4. The van der Waals surface area contributed by atoms with Crippen molar-refractivity contribution in [2.45, 2.75) is 6.42 Å². The molecule has 0 heterocycles. The van der Waals surface area contributed by atoms with E-state index in [9.17, 15) is 4.79 Å². The fraction of sp³-hybridized carbons (Fsp3) is 0.125. The summed E-state index contributed by atoms with van der Waals surface area (Å²) in [5, 5.41) is 1.73. The van der Waals surface area contributed by atoms with Crippen molar-refractivity contribution in [2.75, 3.05) is 18.7 Å². The van der Waals surface area contributed by atoms with Gasteiger partial charge in [0, 0.05) is 0 Å². The van der Waals surface area contributed by atoms with E-state index in [2.05, 4.69) is 12.0 Å². The zero-order valence-electron chi connectivity index (χ0n) is 16.4. The first kappa shape index (κ1) is 20.0. The third kappa shape index (κ3) is 5.39. The van der Waals surface area contributed by atoms with Gasteiger partial charge in [0.25, 0.3) is 5.91 Å². The Labute approximate surface area is 171 Å². The van der Waals surface area contributed by atoms with Gasteiger partial charge in [-0.3, -0.25) is 15.2 Å². The number of hydrogen-bond acceptors (Lipinski definition) is 4. The summed E-state index contributed by atoms with van der Waals surface area (Å²) in [5.74, 6) is 0.816. The number of nitrogens with one attached hydrogen (secondary N) is 1. The standard InChI is InChI=1S/C24H24N2O3/c1-3-10-19-15-16-22(23(17-19)28-2)29-18-24(27)25-26(20-11-6-4-7-12-20)21-13-8-5-9-14-21/h3-9,11-17H,1,10,18H2,2H3,(H,25,27). The van der Waals surface area contributed by atoms with E-state index in [1.807, 2.05) is 78.9 Å². The molecule has 0 aliphatic carbocycles. The van der Waals surface area contributed by atoms with E-state index in [-0.39, 0.29) is 12.5 Å². The van der Waals surface area contributed by atoms with Gasteiger partial charge in [-0.15, -0.1) is 6.58 Å². The van der Waals surface area contributed by atoms with Crippen molar-refractivity contribution in [2.24, 2.45) is 0 Å². The van der Waals surface area contributed by atoms with E-state index < -0.39 is 0 Å². The highest BCUT2D eigenvalue weighted by Gasteiger charge is 2.14. The first-order valence-electron chi connectivity index (χ1n) is 9.31. The van der Waals surface area contributed by atoms with Gasteiger partial charge in [0.1, 0.15) is 0 Å². The predicted molar refractivity (Wildman–Crippen MR) is 116 cm³/mol. The van der Waals surface area contributed by atoms with Crippen LogP contribution in [0, 0.1) is 0 Å². The molecule has 0 fully saturated rings. The van der Waals surface area contributed by atoms with Crippen LogP contribution < -0.4 is 19.9 Å². The fourth-order valence-corrected chi connectivity index (χ4v) is 2.86. The van der Waals surface area contributed by atoms with Gasteiger partial charge in [-0.1, -0.05) is 48.5 Å². The molecule has 0 bridgehead atoms. The highest BCUT2D eigenvalue weighted by atomic mass is 16.5. The largest absolute Gasteiger partial charge is 0.493 e. The Morgan fingerprint density at radius 1 is 0.966 bits per heavy atom. The molecule has 0 saturated carbocycles. The highest BCUT2D eigenvalue weighted by molar-refractivity contribution is 5.82. The molecule has 0 atom stereocenters. The molecule has 1 N–H and O–H groups in total. The third-order valence-corrected chi connectivity index (χ3v) is 4.23. The number of carbonyl (C=O) groups excluding carboxylic acids is 1. The minimum absolute atomic E-state index is 0.146. The van der Waals surface area contributed by atoms with Crippen molar-refractivity contribution < 1.29 is 14.3 Å². The first-order valence-corrected chi connectivity index (χ1v) is 9.31. The van der Waals surface area contributed by atoms with Crippen molar-refractivity contribution >= 4 is 17.3 Å². The van der Waals surface area contributed by atoms with E-state index in [0.717, 1.165) is 23.4 Å². The average molecular weight is 388 g/mol. The van der Waals surface area contributed by atoms with E-state index in [1.54, 1.807) is 18.2 Å². The van der Waals surface area contributed by atoms with Gasteiger partial charge in [-0.05, 0) is 48.4 Å². The quantitative estimate of drug-likeness (QED) is 0.427. The van der Waals surface area contributed by atoms with Gasteiger partial charge in [-0.25, -0.2) is 0 Å². The molecule has 0 saturated heterocycles. The number of ether oxygens (including phenoxy) is 2. The van der Waals surface area contributed by atoms with Gasteiger partial charge in [0.05, 0.1) is 18.5 Å². The van der Waals surface area contributed by atoms with Crippen LogP contribution in [0.25, 0.3) is 0 Å². The summed E-state index contributed by atoms with van der Waals surface area (Å²) in [6, 6.07) is 24.9. The Morgan fingerprint density at radius 2 is 1.59 bits per heavy atom. The molecule has 3 rings (SSSR count). The second-order valence-corrected chi connectivity index (χ2v) is 6.31. The van der Waals surface area contributed by atoms with Gasteiger partial charge < -0.3 is 9.47 Å². The van der Waals surface area contributed by atoms with Crippen LogP contribution in [0.5, 0.6) is 11.5 Å². The molecule has 0 aromatic heterocycles. The predicted octanol–water partition coefficient (Wildman–Crippen LogP) is 4.67. The van der Waals surface area contributed by atoms with Crippen LogP contribution >= 0.6 is 0 Å². The number of carbonyl (C=O) groups is 1. The Morgan fingerprint density at radius 3 is 2.14 bits per heavy atom. The summed E-state index contributed by atoms with van der Waals surface area (Å²) < 4.78 is 11.1. The van der Waals surface area contributed by atoms with Crippen LogP contribution in [-0.4, -0.2) is 19.6 Å². The molecule has 5 heteroatoms. The fourth-order valence-electron chi connectivity index (χ4n) is 2.86. The summed E-state index contributed by atoms with van der Waals surface area (Å²) in [6.45, 7) is 3.60. The molecule has 0 aliphatic rings. The summed E-state index contributed by atoms with van der Waals surface area (Å²) in [5.41, 5.74) is 5.66. The second kappa shape index (κ2) is 9.99. The van der Waals surface area contributed by atoms with Gasteiger partial charge in [0.2, 0.25) is 0 Å². The maximum atomic E-state index is 12.6. The molecule has 0 radical (unpaired) electrons. The Bertz CT molecular complexity index is 903. The van der Waals surface area contributed by atoms with Gasteiger partial charge in [0.15, 0.2) is 18.1 Å². The van der Waals surface area contributed by atoms with Crippen molar-refractivity contribution in [1.29, 1.82) is 0 Å². The van der Waals surface area contributed by atoms with Gasteiger partial charge >= 0.3 is 0 Å². The number of para-hydroxylation sites is 2. The molecule has 0 spiro atoms. The van der Waals surface area contributed by atoms with Crippen molar-refractivity contribution in [3.05, 3.63) is 97.1 Å². The number of methoxy groups -OCH3 is 1. The number of amides is 1. The maximum absolute atomic E-state index is 12.6. The highest BCUT2D eigenvalue weighted by Crippen LogP contribution is 2.28. The lowest BCUT2D eigenvalue weighted by atomic mass is 10.1. The molecular weight excluding hydrogens is 364 g/mol. The van der Waals surface area contributed by atoms with Gasteiger partial charge in [-0.2, -0.15) is 0 Å². The van der Waals surface area contributed by atoms with Crippen molar-refractivity contribution in [3.63, 3.8) is 0 Å². The Kier molecular flexibility index (Phi) is 6.90. The molecule has 5 nitrogen and oxygen atoms in total. The number of nitrogens with zero attached hydrogens (tertiary/aromatic N) is 1. The Hall–Kier alpha value is -3.73. The van der Waals surface area contributed by atoms with Crippen LogP contribution in [0.15, 0.2) is 91.5 Å². The molecule has 0 aliphatic heterocycles. The lowest BCUT2D eigenvalue weighted by Gasteiger charge is -2.25. The summed E-state index contributed by atoms with van der Waals surface area (Å²) >= 11 is 0. The number of hydrazine groups is 1. The normalized spacial score (nSPS) is 10.1. The van der Waals surface area contributed by atoms with E-state index >= 15 is 0 Å². The van der Waals surface area contributed by atoms with Crippen molar-refractivity contribution in [3.8, 4) is 11.5 Å². The second-order valence-electron chi connectivity index (χ2n) is 6.31. The van der Waals surface area contributed by atoms with Crippen LogP contribution in [0.3, 0.4) is 0 Å². The monoisotopic (exact) mass is 388 g/mol. The minimum Gasteiger partial charge on any atom is -0.493 e. The summed E-state index contributed by atoms with van der Waals surface area (Å²) in [6.07, 6.45) is 2.56. The minimum atomic E-state index is -0.282. The van der Waals surface area contributed by atoms with Crippen LogP contribution in [0.1, 0.15) is 5.56 Å². The molecule has 3 aromatic carbocycles. The summed E-state index contributed by atoms with van der Waals surface area (Å²) in [7, 11) is 1.58. The van der Waals surface area contributed by atoms with E-state index in [4.69, 9.17) is 9.47 Å². The maximum Gasteiger partial charge on any atom is 0.276 e. The van der Waals surface area contributed by atoms with Crippen LogP contribution in [-0.2, 0) is 11.2 Å². The molecule has 3 aromatic rings. The molecule has 1 amide bonds. The van der Waals surface area contributed by atoms with Crippen LogP contribution in [0.4, 0.5) is 11.4 Å². The Balaban J connectivity index is 1.70. The first-order chi connectivity index (χ1) is 14.2. The third-order valence-electron chi connectivity index (χ3n) is 4.23. The molecule has 29 heavy (non-hydrogen) atoms. The average Bonchev–Trinajstić information content (AvgIpc) is 2.78. The summed E-state index contributed by atoms with van der Waals surface area (Å²) in [4.78, 5) is 12.6. The van der Waals surface area contributed by atoms with E-state index in [0.29, 0.717) is 11.5 Å². The number of hydrogen-bond donors (Lipinski definition) is 1. The number of allylic oxidation sites excluding steroid dienone is 1. The topological polar surface area (TPSA) is 50.8 Å². The molecule has 0 unspecified atom stereocenters.